The first-order chi connectivity index (χ1) is 11.6. The molecule has 25 heavy (non-hydrogen) atoms. The van der Waals surface area contributed by atoms with Crippen LogP contribution in [-0.4, -0.2) is 32.0 Å². The molecule has 1 aliphatic carbocycles. The van der Waals surface area contributed by atoms with Gasteiger partial charge in [0.1, 0.15) is 0 Å². The van der Waals surface area contributed by atoms with Gasteiger partial charge in [0.15, 0.2) is 0 Å². The third kappa shape index (κ3) is 3.40. The summed E-state index contributed by atoms with van der Waals surface area (Å²) in [5.41, 5.74) is -0.666. The number of hydrogen-bond acceptors (Lipinski definition) is 4. The number of sulfonamides is 1. The van der Waals surface area contributed by atoms with Gasteiger partial charge >= 0.3 is 0 Å². The fourth-order valence-electron chi connectivity index (χ4n) is 3.41. The molecule has 8 heteroatoms. The van der Waals surface area contributed by atoms with Gasteiger partial charge in [0.25, 0.3) is 5.91 Å². The predicted molar refractivity (Wildman–Crippen MR) is 96.2 cm³/mol. The van der Waals surface area contributed by atoms with Crippen LogP contribution in [0.5, 0.6) is 0 Å². The molecule has 2 amide bonds. The standard InChI is InChI=1S/C17H21ClN2O4S/c1-17(2)10-25(23,24)20(16(17)22)12-7-8-14(18)13(9-12)15(21)19-11-5-3-4-6-11/h7-9,11H,3-6,10H2,1-2H3,(H,19,21). The van der Waals surface area contributed by atoms with E-state index >= 15 is 0 Å². The molecule has 6 nitrogen and oxygen atoms in total. The van der Waals surface area contributed by atoms with Crippen molar-refractivity contribution < 1.29 is 18.0 Å². The van der Waals surface area contributed by atoms with Crippen molar-refractivity contribution in [2.75, 3.05) is 10.1 Å². The van der Waals surface area contributed by atoms with Crippen LogP contribution in [0.4, 0.5) is 5.69 Å². The van der Waals surface area contributed by atoms with Crippen molar-refractivity contribution >= 4 is 39.1 Å². The Morgan fingerprint density at radius 1 is 1.28 bits per heavy atom. The highest BCUT2D eigenvalue weighted by molar-refractivity contribution is 7.94. The van der Waals surface area contributed by atoms with Gasteiger partial charge < -0.3 is 5.32 Å². The summed E-state index contributed by atoms with van der Waals surface area (Å²) < 4.78 is 25.6. The zero-order chi connectivity index (χ0) is 18.4. The van der Waals surface area contributed by atoms with Crippen molar-refractivity contribution in [2.45, 2.75) is 45.6 Å². The van der Waals surface area contributed by atoms with Gasteiger partial charge in [-0.05, 0) is 44.9 Å². The van der Waals surface area contributed by atoms with Gasteiger partial charge in [-0.25, -0.2) is 12.7 Å². The van der Waals surface area contributed by atoms with Gasteiger partial charge in [-0.15, -0.1) is 0 Å². The van der Waals surface area contributed by atoms with Crippen LogP contribution in [0.25, 0.3) is 0 Å². The van der Waals surface area contributed by atoms with Gasteiger partial charge in [-0.1, -0.05) is 24.4 Å². The first kappa shape index (κ1) is 18.2. The maximum absolute atomic E-state index is 12.5. The predicted octanol–water partition coefficient (Wildman–Crippen LogP) is 2.72. The number of amides is 2. The minimum Gasteiger partial charge on any atom is -0.349 e. The van der Waals surface area contributed by atoms with E-state index in [1.165, 1.54) is 18.2 Å². The topological polar surface area (TPSA) is 83.6 Å². The second-order valence-corrected chi connectivity index (χ2v) is 9.55. The molecule has 1 aromatic carbocycles. The fourth-order valence-corrected chi connectivity index (χ4v) is 5.71. The van der Waals surface area contributed by atoms with Crippen molar-refractivity contribution in [3.63, 3.8) is 0 Å². The summed E-state index contributed by atoms with van der Waals surface area (Å²) in [4.78, 5) is 25.0. The molecule has 3 rings (SSSR count). The van der Waals surface area contributed by atoms with Crippen molar-refractivity contribution in [1.29, 1.82) is 0 Å². The van der Waals surface area contributed by atoms with Gasteiger partial charge in [0.2, 0.25) is 15.9 Å². The molecular formula is C17H21ClN2O4S. The van der Waals surface area contributed by atoms with E-state index in [4.69, 9.17) is 11.6 Å². The average molecular weight is 385 g/mol. The number of benzene rings is 1. The molecule has 0 aromatic heterocycles. The van der Waals surface area contributed by atoms with Crippen LogP contribution in [0, 0.1) is 5.41 Å². The second kappa shape index (κ2) is 6.29. The van der Waals surface area contributed by atoms with E-state index in [1.807, 2.05) is 0 Å². The Morgan fingerprint density at radius 2 is 1.92 bits per heavy atom. The molecular weight excluding hydrogens is 364 g/mol. The number of nitrogens with zero attached hydrogens (tertiary/aromatic N) is 1. The van der Waals surface area contributed by atoms with Crippen molar-refractivity contribution in [3.8, 4) is 0 Å². The molecule has 1 saturated heterocycles. The lowest BCUT2D eigenvalue weighted by molar-refractivity contribution is -0.123. The number of halogens is 1. The number of hydrogen-bond donors (Lipinski definition) is 1. The second-order valence-electron chi connectivity index (χ2n) is 7.33. The molecule has 0 spiro atoms. The number of nitrogens with one attached hydrogen (secondary N) is 1. The summed E-state index contributed by atoms with van der Waals surface area (Å²) in [6.07, 6.45) is 4.01. The van der Waals surface area contributed by atoms with Crippen molar-refractivity contribution in [3.05, 3.63) is 28.8 Å². The maximum Gasteiger partial charge on any atom is 0.253 e. The summed E-state index contributed by atoms with van der Waals surface area (Å²) in [6.45, 7) is 3.19. The minimum atomic E-state index is -3.77. The number of rotatable bonds is 3. The van der Waals surface area contributed by atoms with E-state index in [1.54, 1.807) is 13.8 Å². The summed E-state index contributed by atoms with van der Waals surface area (Å²) >= 11 is 6.13. The Kier molecular flexibility index (Phi) is 4.58. The molecule has 1 aromatic rings. The summed E-state index contributed by atoms with van der Waals surface area (Å²) in [5, 5.41) is 3.15. The maximum atomic E-state index is 12.5. The Bertz CT molecular complexity index is 829. The van der Waals surface area contributed by atoms with Crippen molar-refractivity contribution in [2.24, 2.45) is 5.41 Å². The molecule has 1 aliphatic heterocycles. The Morgan fingerprint density at radius 3 is 2.48 bits per heavy atom. The van der Waals surface area contributed by atoms with Crippen LogP contribution in [0.1, 0.15) is 49.9 Å². The monoisotopic (exact) mass is 384 g/mol. The van der Waals surface area contributed by atoms with E-state index in [9.17, 15) is 18.0 Å². The Hall–Kier alpha value is -1.60. The van der Waals surface area contributed by atoms with E-state index in [0.717, 1.165) is 30.0 Å². The summed E-state index contributed by atoms with van der Waals surface area (Å²) in [6, 6.07) is 4.40. The molecule has 1 saturated carbocycles. The van der Waals surface area contributed by atoms with Crippen LogP contribution >= 0.6 is 11.6 Å². The molecule has 0 unspecified atom stereocenters. The molecule has 2 fully saturated rings. The summed E-state index contributed by atoms with van der Waals surface area (Å²) in [7, 11) is -3.77. The van der Waals surface area contributed by atoms with E-state index in [-0.39, 0.29) is 34.0 Å². The van der Waals surface area contributed by atoms with Crippen LogP contribution < -0.4 is 9.62 Å². The van der Waals surface area contributed by atoms with E-state index in [2.05, 4.69) is 5.32 Å². The SMILES string of the molecule is CC1(C)CS(=O)(=O)N(c2ccc(Cl)c(C(=O)NC3CCCC3)c2)C1=O. The largest absolute Gasteiger partial charge is 0.349 e. The molecule has 1 heterocycles. The summed E-state index contributed by atoms with van der Waals surface area (Å²) in [5.74, 6) is -1.11. The zero-order valence-electron chi connectivity index (χ0n) is 14.2. The van der Waals surface area contributed by atoms with Gasteiger partial charge in [-0.2, -0.15) is 0 Å². The molecule has 2 aliphatic rings. The molecule has 0 atom stereocenters. The van der Waals surface area contributed by atoms with Crippen LogP contribution in [0.2, 0.25) is 5.02 Å². The highest BCUT2D eigenvalue weighted by atomic mass is 35.5. The third-order valence-electron chi connectivity index (χ3n) is 4.70. The number of anilines is 1. The normalized spacial score (nSPS) is 22.4. The first-order valence-corrected chi connectivity index (χ1v) is 10.3. The average Bonchev–Trinajstić information content (AvgIpc) is 3.05. The number of carbonyl (C=O) groups excluding carboxylic acids is 2. The molecule has 1 N–H and O–H groups in total. The fraction of sp³-hybridized carbons (Fsp3) is 0.529. The van der Waals surface area contributed by atoms with Crippen LogP contribution in [0.15, 0.2) is 18.2 Å². The smallest absolute Gasteiger partial charge is 0.253 e. The van der Waals surface area contributed by atoms with Crippen LogP contribution in [-0.2, 0) is 14.8 Å². The highest BCUT2D eigenvalue weighted by Gasteiger charge is 2.50. The van der Waals surface area contributed by atoms with E-state index in [0.29, 0.717) is 0 Å². The highest BCUT2D eigenvalue weighted by Crippen LogP contribution is 2.37. The van der Waals surface area contributed by atoms with Gasteiger partial charge in [0, 0.05) is 6.04 Å². The minimum absolute atomic E-state index is 0.114. The zero-order valence-corrected chi connectivity index (χ0v) is 15.8. The molecule has 136 valence electrons. The van der Waals surface area contributed by atoms with Gasteiger partial charge in [0.05, 0.1) is 27.4 Å². The molecule has 0 bridgehead atoms. The first-order valence-electron chi connectivity index (χ1n) is 8.30. The lowest BCUT2D eigenvalue weighted by Gasteiger charge is -2.19. The number of carbonyl (C=O) groups is 2. The van der Waals surface area contributed by atoms with Gasteiger partial charge in [-0.3, -0.25) is 9.59 Å². The Balaban J connectivity index is 1.94. The van der Waals surface area contributed by atoms with E-state index < -0.39 is 21.3 Å². The lowest BCUT2D eigenvalue weighted by Crippen LogP contribution is -2.34. The lowest BCUT2D eigenvalue weighted by atomic mass is 9.95. The van der Waals surface area contributed by atoms with Crippen LogP contribution in [0.3, 0.4) is 0 Å². The quantitative estimate of drug-likeness (QED) is 0.868. The molecule has 0 radical (unpaired) electrons. The van der Waals surface area contributed by atoms with Crippen molar-refractivity contribution in [1.82, 2.24) is 5.32 Å². The third-order valence-corrected chi connectivity index (χ3v) is 7.05. The Labute approximate surface area is 152 Å².